The summed E-state index contributed by atoms with van der Waals surface area (Å²) in [7, 11) is 0. The van der Waals surface area contributed by atoms with Crippen molar-refractivity contribution in [1.82, 2.24) is 14.8 Å². The minimum Gasteiger partial charge on any atom is -0.298 e. The second kappa shape index (κ2) is 8.11. The molecule has 1 saturated carbocycles. The van der Waals surface area contributed by atoms with Gasteiger partial charge in [0.25, 0.3) is 0 Å². The van der Waals surface area contributed by atoms with E-state index in [1.54, 1.807) is 5.56 Å². The van der Waals surface area contributed by atoms with Crippen molar-refractivity contribution in [2.75, 3.05) is 26.2 Å². The first-order valence-electron chi connectivity index (χ1n) is 9.80. The highest BCUT2D eigenvalue weighted by Gasteiger charge is 2.28. The first kappa shape index (κ1) is 16.7. The van der Waals surface area contributed by atoms with Crippen LogP contribution >= 0.6 is 0 Å². The Kier molecular flexibility index (Phi) is 5.43. The lowest BCUT2D eigenvalue weighted by molar-refractivity contribution is 0.0721. The molecule has 3 heteroatoms. The van der Waals surface area contributed by atoms with E-state index >= 15 is 0 Å². The summed E-state index contributed by atoms with van der Waals surface area (Å²) in [5, 5.41) is 0. The van der Waals surface area contributed by atoms with Crippen LogP contribution in [0.3, 0.4) is 0 Å². The second-order valence-corrected chi connectivity index (χ2v) is 7.55. The lowest BCUT2D eigenvalue weighted by Crippen LogP contribution is -2.50. The maximum absolute atomic E-state index is 4.46. The van der Waals surface area contributed by atoms with Gasteiger partial charge in [-0.2, -0.15) is 0 Å². The summed E-state index contributed by atoms with van der Waals surface area (Å²) in [5.41, 5.74) is 2.74. The summed E-state index contributed by atoms with van der Waals surface area (Å²) in [5.74, 6) is 0.780. The minimum absolute atomic E-state index is 0.780. The number of piperazine rings is 1. The minimum atomic E-state index is 0.780. The van der Waals surface area contributed by atoms with Crippen molar-refractivity contribution in [3.8, 4) is 0 Å². The summed E-state index contributed by atoms with van der Waals surface area (Å²) >= 11 is 0. The van der Waals surface area contributed by atoms with Crippen LogP contribution in [-0.2, 0) is 6.54 Å². The molecule has 0 bridgehead atoms. The monoisotopic (exact) mass is 335 g/mol. The second-order valence-electron chi connectivity index (χ2n) is 7.55. The van der Waals surface area contributed by atoms with Crippen LogP contribution < -0.4 is 0 Å². The zero-order valence-electron chi connectivity index (χ0n) is 15.1. The Labute approximate surface area is 151 Å². The van der Waals surface area contributed by atoms with Crippen LogP contribution in [-0.4, -0.2) is 47.0 Å². The topological polar surface area (TPSA) is 19.4 Å². The highest BCUT2D eigenvalue weighted by atomic mass is 15.3. The van der Waals surface area contributed by atoms with E-state index in [2.05, 4.69) is 57.2 Å². The molecule has 2 aromatic rings. The molecule has 0 N–H and O–H groups in total. The van der Waals surface area contributed by atoms with Gasteiger partial charge in [-0.25, -0.2) is 0 Å². The zero-order valence-corrected chi connectivity index (χ0v) is 15.1. The lowest BCUT2D eigenvalue weighted by atomic mass is 9.81. The number of pyridine rings is 1. The predicted octanol–water partition coefficient (Wildman–Crippen LogP) is 3.93. The van der Waals surface area contributed by atoms with Gasteiger partial charge < -0.3 is 0 Å². The molecule has 25 heavy (non-hydrogen) atoms. The maximum Gasteiger partial charge on any atom is 0.0543 e. The van der Waals surface area contributed by atoms with Crippen molar-refractivity contribution >= 4 is 0 Å². The van der Waals surface area contributed by atoms with E-state index < -0.39 is 0 Å². The van der Waals surface area contributed by atoms with Crippen molar-refractivity contribution in [3.63, 3.8) is 0 Å². The van der Waals surface area contributed by atoms with Crippen LogP contribution in [0, 0.1) is 0 Å². The van der Waals surface area contributed by atoms with E-state index in [1.807, 2.05) is 12.3 Å². The molecule has 3 nitrogen and oxygen atoms in total. The number of rotatable bonds is 4. The SMILES string of the molecule is c1ccc(C2CCC(N3CCN(Cc4ccccn4)CC3)CC2)cc1. The third-order valence-corrected chi connectivity index (χ3v) is 6.00. The molecule has 132 valence electrons. The fraction of sp³-hybridized carbons (Fsp3) is 0.500. The summed E-state index contributed by atoms with van der Waals surface area (Å²) in [6.07, 6.45) is 7.32. The van der Waals surface area contributed by atoms with Gasteiger partial charge in [0.15, 0.2) is 0 Å². The Morgan fingerprint density at radius 1 is 0.800 bits per heavy atom. The first-order chi connectivity index (χ1) is 12.4. The smallest absolute Gasteiger partial charge is 0.0543 e. The van der Waals surface area contributed by atoms with Crippen molar-refractivity contribution in [2.45, 2.75) is 44.2 Å². The first-order valence-corrected chi connectivity index (χ1v) is 9.80. The Balaban J connectivity index is 1.24. The average molecular weight is 335 g/mol. The maximum atomic E-state index is 4.46. The van der Waals surface area contributed by atoms with Gasteiger partial charge in [0.1, 0.15) is 0 Å². The molecule has 0 unspecified atom stereocenters. The molecule has 0 amide bonds. The Morgan fingerprint density at radius 2 is 1.52 bits per heavy atom. The molecule has 2 fully saturated rings. The van der Waals surface area contributed by atoms with Crippen molar-refractivity contribution < 1.29 is 0 Å². The predicted molar refractivity (Wildman–Crippen MR) is 103 cm³/mol. The summed E-state index contributed by atoms with van der Waals surface area (Å²) in [4.78, 5) is 9.76. The standard InChI is InChI=1S/C22H29N3/c1-2-6-19(7-3-1)20-9-11-22(12-10-20)25-16-14-24(15-17-25)18-21-8-4-5-13-23-21/h1-8,13,20,22H,9-12,14-18H2. The molecule has 1 aromatic heterocycles. The van der Waals surface area contributed by atoms with Gasteiger partial charge >= 0.3 is 0 Å². The van der Waals surface area contributed by atoms with Crippen LogP contribution in [0.15, 0.2) is 54.7 Å². The van der Waals surface area contributed by atoms with Gasteiger partial charge in [-0.05, 0) is 49.3 Å². The molecule has 2 aliphatic rings. The fourth-order valence-electron chi connectivity index (χ4n) is 4.51. The Bertz CT molecular complexity index is 627. The van der Waals surface area contributed by atoms with E-state index in [0.717, 1.165) is 18.5 Å². The molecule has 2 heterocycles. The van der Waals surface area contributed by atoms with Crippen LogP contribution in [0.5, 0.6) is 0 Å². The number of hydrogen-bond donors (Lipinski definition) is 0. The molecule has 0 spiro atoms. The van der Waals surface area contributed by atoms with Crippen molar-refractivity contribution in [1.29, 1.82) is 0 Å². The molecular weight excluding hydrogens is 306 g/mol. The van der Waals surface area contributed by atoms with Crippen LogP contribution in [0.25, 0.3) is 0 Å². The molecule has 1 saturated heterocycles. The van der Waals surface area contributed by atoms with E-state index in [4.69, 9.17) is 0 Å². The number of nitrogens with zero attached hydrogens (tertiary/aromatic N) is 3. The fourth-order valence-corrected chi connectivity index (χ4v) is 4.51. The molecular formula is C22H29N3. The third kappa shape index (κ3) is 4.28. The van der Waals surface area contributed by atoms with Gasteiger partial charge in [-0.15, -0.1) is 0 Å². The summed E-state index contributed by atoms with van der Waals surface area (Å²) < 4.78 is 0. The Hall–Kier alpha value is -1.71. The lowest BCUT2D eigenvalue weighted by Gasteiger charge is -2.42. The average Bonchev–Trinajstić information content (AvgIpc) is 2.70. The Morgan fingerprint density at radius 3 is 2.20 bits per heavy atom. The normalized spacial score (nSPS) is 25.8. The molecule has 1 aliphatic heterocycles. The van der Waals surface area contributed by atoms with Gasteiger partial charge in [0.2, 0.25) is 0 Å². The molecule has 0 radical (unpaired) electrons. The van der Waals surface area contributed by atoms with E-state index in [9.17, 15) is 0 Å². The highest BCUT2D eigenvalue weighted by Crippen LogP contribution is 2.34. The summed E-state index contributed by atoms with van der Waals surface area (Å²) in [6.45, 7) is 5.78. The number of benzene rings is 1. The van der Waals surface area contributed by atoms with Gasteiger partial charge in [-0.3, -0.25) is 14.8 Å². The van der Waals surface area contributed by atoms with Crippen molar-refractivity contribution in [3.05, 3.63) is 66.0 Å². The van der Waals surface area contributed by atoms with E-state index in [0.29, 0.717) is 0 Å². The van der Waals surface area contributed by atoms with E-state index in [1.165, 1.54) is 57.6 Å². The van der Waals surface area contributed by atoms with Crippen molar-refractivity contribution in [2.24, 2.45) is 0 Å². The molecule has 1 aromatic carbocycles. The quantitative estimate of drug-likeness (QED) is 0.844. The third-order valence-electron chi connectivity index (χ3n) is 6.00. The molecule has 4 rings (SSSR count). The molecule has 1 aliphatic carbocycles. The molecule has 0 atom stereocenters. The van der Waals surface area contributed by atoms with Gasteiger partial charge in [-0.1, -0.05) is 36.4 Å². The summed E-state index contributed by atoms with van der Waals surface area (Å²) in [6, 6.07) is 18.1. The van der Waals surface area contributed by atoms with Crippen LogP contribution in [0.1, 0.15) is 42.9 Å². The van der Waals surface area contributed by atoms with Gasteiger partial charge in [0, 0.05) is 45.0 Å². The largest absolute Gasteiger partial charge is 0.298 e. The highest BCUT2D eigenvalue weighted by molar-refractivity contribution is 5.20. The number of aromatic nitrogens is 1. The zero-order chi connectivity index (χ0) is 16.9. The van der Waals surface area contributed by atoms with Gasteiger partial charge in [0.05, 0.1) is 5.69 Å². The van der Waals surface area contributed by atoms with E-state index in [-0.39, 0.29) is 0 Å². The van der Waals surface area contributed by atoms with Crippen LogP contribution in [0.2, 0.25) is 0 Å². The van der Waals surface area contributed by atoms with Crippen LogP contribution in [0.4, 0.5) is 0 Å². The number of hydrogen-bond acceptors (Lipinski definition) is 3.